The molecule has 0 aliphatic carbocycles. The fourth-order valence-corrected chi connectivity index (χ4v) is 2.18. The topological polar surface area (TPSA) is 20.3 Å². The second-order valence-corrected chi connectivity index (χ2v) is 3.73. The highest BCUT2D eigenvalue weighted by molar-refractivity contribution is 5.79. The highest BCUT2D eigenvalue weighted by Crippen LogP contribution is 2.30. The second-order valence-electron chi connectivity index (χ2n) is 3.73. The molecule has 66 valence electrons. The molecule has 0 aromatic heterocycles. The van der Waals surface area contributed by atoms with Crippen LogP contribution in [0.5, 0.6) is 0 Å². The van der Waals surface area contributed by atoms with E-state index in [9.17, 15) is 4.79 Å². The van der Waals surface area contributed by atoms with Gasteiger partial charge in [-0.3, -0.25) is 4.79 Å². The van der Waals surface area contributed by atoms with Crippen molar-refractivity contribution < 1.29 is 4.79 Å². The maximum atomic E-state index is 11.5. The van der Waals surface area contributed by atoms with Gasteiger partial charge in [0.05, 0.1) is 0 Å². The van der Waals surface area contributed by atoms with Crippen molar-refractivity contribution in [3.63, 3.8) is 0 Å². The summed E-state index contributed by atoms with van der Waals surface area (Å²) in [5.41, 5.74) is 2.77. The maximum absolute atomic E-state index is 11.5. The minimum absolute atomic E-state index is 0.347. The number of carbonyl (C=O) groups is 1. The minimum Gasteiger partial charge on any atom is -0.316 e. The highest BCUT2D eigenvalue weighted by atomic mass is 16.2. The van der Waals surface area contributed by atoms with Gasteiger partial charge in [-0.25, -0.2) is 0 Å². The molecular weight excluding hydrogens is 150 g/mol. The first-order chi connectivity index (χ1) is 5.79. The lowest BCUT2D eigenvalue weighted by Crippen LogP contribution is -2.25. The fourth-order valence-electron chi connectivity index (χ4n) is 2.18. The van der Waals surface area contributed by atoms with E-state index in [1.807, 2.05) is 4.90 Å². The molecule has 0 unspecified atom stereocenters. The van der Waals surface area contributed by atoms with Crippen molar-refractivity contribution in [2.75, 3.05) is 6.54 Å². The molecule has 0 aromatic rings. The van der Waals surface area contributed by atoms with Crippen LogP contribution in [0.1, 0.15) is 39.0 Å². The van der Waals surface area contributed by atoms with E-state index < -0.39 is 0 Å². The number of allylic oxidation sites excluding steroid dienone is 2. The summed E-state index contributed by atoms with van der Waals surface area (Å²) in [5.74, 6) is 0.347. The molecule has 1 fully saturated rings. The lowest BCUT2D eigenvalue weighted by atomic mass is 10.1. The molecule has 0 radical (unpaired) electrons. The van der Waals surface area contributed by atoms with Crippen molar-refractivity contribution in [2.24, 2.45) is 0 Å². The van der Waals surface area contributed by atoms with E-state index in [4.69, 9.17) is 0 Å². The Balaban J connectivity index is 2.31. The molecular formula is C10H15NO. The number of nitrogens with zero attached hydrogens (tertiary/aromatic N) is 1. The number of carbonyl (C=O) groups excluding carboxylic acids is 1. The maximum Gasteiger partial charge on any atom is 0.226 e. The Hall–Kier alpha value is -0.790. The molecule has 2 heteroatoms. The van der Waals surface area contributed by atoms with Crippen LogP contribution in [-0.2, 0) is 4.79 Å². The van der Waals surface area contributed by atoms with Gasteiger partial charge >= 0.3 is 0 Å². The molecule has 2 aliphatic heterocycles. The summed E-state index contributed by atoms with van der Waals surface area (Å²) in [6.07, 6.45) is 5.21. The summed E-state index contributed by atoms with van der Waals surface area (Å²) in [4.78, 5) is 13.5. The SMILES string of the molecule is CC1=C2CCCN2C(=O)CCC1. The molecule has 0 bridgehead atoms. The van der Waals surface area contributed by atoms with Crippen LogP contribution in [0.3, 0.4) is 0 Å². The third-order valence-corrected chi connectivity index (χ3v) is 2.86. The molecule has 1 saturated heterocycles. The first-order valence-corrected chi connectivity index (χ1v) is 4.78. The molecule has 0 spiro atoms. The second kappa shape index (κ2) is 2.92. The van der Waals surface area contributed by atoms with Gasteiger partial charge in [0.15, 0.2) is 0 Å². The van der Waals surface area contributed by atoms with Crippen molar-refractivity contribution in [3.8, 4) is 0 Å². The zero-order valence-electron chi connectivity index (χ0n) is 7.60. The molecule has 0 atom stereocenters. The predicted octanol–water partition coefficient (Wildman–Crippen LogP) is 2.07. The van der Waals surface area contributed by atoms with Crippen LogP contribution in [0.25, 0.3) is 0 Å². The van der Waals surface area contributed by atoms with Crippen LogP contribution in [0, 0.1) is 0 Å². The van der Waals surface area contributed by atoms with E-state index in [-0.39, 0.29) is 0 Å². The summed E-state index contributed by atoms with van der Waals surface area (Å²) in [7, 11) is 0. The summed E-state index contributed by atoms with van der Waals surface area (Å²) >= 11 is 0. The molecule has 1 amide bonds. The van der Waals surface area contributed by atoms with Crippen LogP contribution >= 0.6 is 0 Å². The van der Waals surface area contributed by atoms with Crippen molar-refractivity contribution >= 4 is 5.91 Å². The minimum atomic E-state index is 0.347. The summed E-state index contributed by atoms with van der Waals surface area (Å²) in [6, 6.07) is 0. The quantitative estimate of drug-likeness (QED) is 0.538. The number of fused-ring (bicyclic) bond motifs is 1. The zero-order valence-corrected chi connectivity index (χ0v) is 7.60. The number of amides is 1. The van der Waals surface area contributed by atoms with Crippen molar-refractivity contribution in [2.45, 2.75) is 39.0 Å². The standard InChI is InChI=1S/C10H15NO/c1-8-4-2-6-10(12)11-7-3-5-9(8)11/h2-7H2,1H3. The Morgan fingerprint density at radius 2 is 2.00 bits per heavy atom. The summed E-state index contributed by atoms with van der Waals surface area (Å²) < 4.78 is 0. The van der Waals surface area contributed by atoms with Gasteiger partial charge in [0.1, 0.15) is 0 Å². The van der Waals surface area contributed by atoms with E-state index >= 15 is 0 Å². The van der Waals surface area contributed by atoms with Crippen LogP contribution in [-0.4, -0.2) is 17.4 Å². The van der Waals surface area contributed by atoms with Crippen LogP contribution in [0.2, 0.25) is 0 Å². The van der Waals surface area contributed by atoms with Crippen LogP contribution in [0.15, 0.2) is 11.3 Å². The number of hydrogen-bond donors (Lipinski definition) is 0. The Labute approximate surface area is 73.2 Å². The van der Waals surface area contributed by atoms with E-state index in [0.717, 1.165) is 32.2 Å². The molecule has 2 nitrogen and oxygen atoms in total. The average Bonchev–Trinajstić information content (AvgIpc) is 2.47. The summed E-state index contributed by atoms with van der Waals surface area (Å²) in [6.45, 7) is 3.14. The van der Waals surface area contributed by atoms with E-state index in [1.165, 1.54) is 17.7 Å². The van der Waals surface area contributed by atoms with Crippen molar-refractivity contribution in [1.82, 2.24) is 4.90 Å². The van der Waals surface area contributed by atoms with Gasteiger partial charge in [-0.15, -0.1) is 0 Å². The lowest BCUT2D eigenvalue weighted by molar-refractivity contribution is -0.128. The van der Waals surface area contributed by atoms with Gasteiger partial charge in [-0.1, -0.05) is 5.57 Å². The average molecular weight is 165 g/mol. The fraction of sp³-hybridized carbons (Fsp3) is 0.700. The largest absolute Gasteiger partial charge is 0.316 e. The number of rotatable bonds is 0. The third kappa shape index (κ3) is 1.15. The molecule has 12 heavy (non-hydrogen) atoms. The number of hydrogen-bond acceptors (Lipinski definition) is 1. The Morgan fingerprint density at radius 1 is 1.17 bits per heavy atom. The molecule has 0 aromatic carbocycles. The van der Waals surface area contributed by atoms with Gasteiger partial charge in [0, 0.05) is 18.7 Å². The Kier molecular flexibility index (Phi) is 1.91. The third-order valence-electron chi connectivity index (χ3n) is 2.86. The van der Waals surface area contributed by atoms with E-state index in [0.29, 0.717) is 5.91 Å². The molecule has 2 aliphatic rings. The molecule has 0 saturated carbocycles. The van der Waals surface area contributed by atoms with E-state index in [2.05, 4.69) is 6.92 Å². The molecule has 2 rings (SSSR count). The smallest absolute Gasteiger partial charge is 0.226 e. The monoisotopic (exact) mass is 165 g/mol. The van der Waals surface area contributed by atoms with Gasteiger partial charge in [-0.2, -0.15) is 0 Å². The van der Waals surface area contributed by atoms with Gasteiger partial charge < -0.3 is 4.90 Å². The van der Waals surface area contributed by atoms with Crippen LogP contribution in [0.4, 0.5) is 0 Å². The van der Waals surface area contributed by atoms with Crippen molar-refractivity contribution in [3.05, 3.63) is 11.3 Å². The van der Waals surface area contributed by atoms with Crippen molar-refractivity contribution in [1.29, 1.82) is 0 Å². The first-order valence-electron chi connectivity index (χ1n) is 4.78. The highest BCUT2D eigenvalue weighted by Gasteiger charge is 2.26. The Bertz CT molecular complexity index is 242. The van der Waals surface area contributed by atoms with E-state index in [1.54, 1.807) is 0 Å². The predicted molar refractivity (Wildman–Crippen MR) is 47.5 cm³/mol. The zero-order chi connectivity index (χ0) is 8.55. The lowest BCUT2D eigenvalue weighted by Gasteiger charge is -2.16. The van der Waals surface area contributed by atoms with Gasteiger partial charge in [-0.05, 0) is 32.6 Å². The normalized spacial score (nSPS) is 24.4. The van der Waals surface area contributed by atoms with Gasteiger partial charge in [0.2, 0.25) is 5.91 Å². The molecule has 2 heterocycles. The Morgan fingerprint density at radius 3 is 2.83 bits per heavy atom. The molecule has 0 N–H and O–H groups in total. The summed E-state index contributed by atoms with van der Waals surface area (Å²) in [5, 5.41) is 0. The van der Waals surface area contributed by atoms with Crippen LogP contribution < -0.4 is 0 Å². The first kappa shape index (κ1) is 7.84. The van der Waals surface area contributed by atoms with Gasteiger partial charge in [0.25, 0.3) is 0 Å².